The molecule has 0 aromatic heterocycles. The topological polar surface area (TPSA) is 252 Å². The van der Waals surface area contributed by atoms with Gasteiger partial charge < -0.3 is 36.1 Å². The Bertz CT molecular complexity index is 365. The van der Waals surface area contributed by atoms with Crippen molar-refractivity contribution in [2.24, 2.45) is 0 Å². The number of rotatable bonds is 6. The average Bonchev–Trinajstić information content (AvgIpc) is 2.69. The Hall–Kier alpha value is -1.62. The van der Waals surface area contributed by atoms with E-state index in [4.69, 9.17) is 30.6 Å². The van der Waals surface area contributed by atoms with Gasteiger partial charge >= 0.3 is 87.9 Å². The van der Waals surface area contributed by atoms with Crippen molar-refractivity contribution in [3.05, 3.63) is 0 Å². The molecule has 0 aromatic rings. The largest absolute Gasteiger partial charge is 3.00 e. The summed E-state index contributed by atoms with van der Waals surface area (Å²) in [5.74, 6) is -4.47. The second-order valence-corrected chi connectivity index (χ2v) is 4.48. The van der Waals surface area contributed by atoms with Crippen LogP contribution in [0.2, 0.25) is 0 Å². The van der Waals surface area contributed by atoms with Crippen molar-refractivity contribution in [2.75, 3.05) is 0 Å². The van der Waals surface area contributed by atoms with Gasteiger partial charge in [0.1, 0.15) is 0 Å². The van der Waals surface area contributed by atoms with Crippen molar-refractivity contribution in [1.82, 2.24) is 0 Å². The third-order valence-electron chi connectivity index (χ3n) is 1.81. The maximum Gasteiger partial charge on any atom is 3.00 e. The molecule has 0 saturated carbocycles. The van der Waals surface area contributed by atoms with Gasteiger partial charge in [0.15, 0.2) is 0 Å². The predicted molar refractivity (Wildman–Crippen MR) is 108 cm³/mol. The Morgan fingerprint density at radius 1 is 0.353 bits per heavy atom. The van der Waals surface area contributed by atoms with E-state index in [9.17, 15) is 28.8 Å². The number of hydrogen-bond donors (Lipinski definition) is 6. The molecule has 0 aliphatic rings. The third kappa shape index (κ3) is 243. The fourth-order valence-corrected chi connectivity index (χ4v) is 0. The maximum absolute atomic E-state index is 9.37. The fourth-order valence-electron chi connectivity index (χ4n) is 0. The zero-order chi connectivity index (χ0) is 25.7. The molecule has 0 fully saturated rings. The van der Waals surface area contributed by atoms with E-state index in [2.05, 4.69) is 0 Å². The first-order valence-electron chi connectivity index (χ1n) is 8.93. The summed E-state index contributed by atoms with van der Waals surface area (Å²) in [6.07, 6.45) is 1.33. The third-order valence-corrected chi connectivity index (χ3v) is 1.81. The van der Waals surface area contributed by atoms with Gasteiger partial charge in [-0.15, -0.1) is 0 Å². The average molecular weight is 616 g/mol. The zero-order valence-corrected chi connectivity index (χ0v) is 23.8. The molecule has 6 N–H and O–H groups in total. The number of carbonyl (C=O) groups is 6. The molecule has 0 amide bonds. The van der Waals surface area contributed by atoms with E-state index >= 15 is 0 Å². The smallest absolute Gasteiger partial charge is 2.00 e. The van der Waals surface area contributed by atoms with Crippen LogP contribution in [-0.2, 0) is 86.3 Å². The quantitative estimate of drug-likeness (QED) is 0.252. The van der Waals surface area contributed by atoms with Crippen LogP contribution in [0.15, 0.2) is 0 Å². The molecular weight excluding hydrogens is 580 g/mol. The van der Waals surface area contributed by atoms with Crippen molar-refractivity contribution in [1.29, 1.82) is 0 Å². The maximum atomic E-state index is 9.37. The van der Waals surface area contributed by atoms with Crippen molar-refractivity contribution in [3.8, 4) is 0 Å². The van der Waals surface area contributed by atoms with Crippen LogP contribution >= 0.6 is 0 Å². The summed E-state index contributed by atoms with van der Waals surface area (Å²) < 4.78 is 0. The molecule has 13 nitrogen and oxygen atoms in total. The van der Waals surface area contributed by atoms with E-state index in [0.717, 1.165) is 0 Å². The normalized spacial score (nSPS) is 6.53. The van der Waals surface area contributed by atoms with E-state index in [1.54, 1.807) is 41.5 Å². The minimum absolute atomic E-state index is 0. The summed E-state index contributed by atoms with van der Waals surface area (Å²) in [4.78, 5) is 56.2. The predicted octanol–water partition coefficient (Wildman–Crippen LogP) is 2.76. The minimum atomic E-state index is -0.745. The number of hydrogen-bond acceptors (Lipinski definition) is 6. The Morgan fingerprint density at radius 2 is 0.382 bits per heavy atom. The van der Waals surface area contributed by atoms with Gasteiger partial charge in [-0.25, -0.2) is 0 Å². The first-order valence-corrected chi connectivity index (χ1v) is 8.93. The molecule has 0 unspecified atom stereocenters. The molecular formula is C18H36Cr3O13+7. The second-order valence-electron chi connectivity index (χ2n) is 4.48. The summed E-state index contributed by atoms with van der Waals surface area (Å²) >= 11 is 0. The van der Waals surface area contributed by atoms with E-state index < -0.39 is 35.8 Å². The standard InChI is InChI=1S/6C3H6O2.3Cr.O/c6*1-2-3(4)5;;;;/h6*2H2,1H3,(H,4,5);;;;/q;;;;;;3*+3;-2. The van der Waals surface area contributed by atoms with Crippen molar-refractivity contribution >= 4 is 35.8 Å². The van der Waals surface area contributed by atoms with E-state index in [-0.39, 0.29) is 96.1 Å². The summed E-state index contributed by atoms with van der Waals surface area (Å²) in [5.41, 5.74) is 0. The fraction of sp³-hybridized carbons (Fsp3) is 0.667. The number of aliphatic carboxylic acids is 6. The monoisotopic (exact) mass is 616 g/mol. The molecule has 0 spiro atoms. The Kier molecular flexibility index (Phi) is 108. The van der Waals surface area contributed by atoms with Crippen molar-refractivity contribution in [2.45, 2.75) is 80.1 Å². The minimum Gasteiger partial charge on any atom is -2.00 e. The Labute approximate surface area is 232 Å². The molecule has 0 heterocycles. The molecule has 0 aromatic carbocycles. The van der Waals surface area contributed by atoms with E-state index in [1.165, 1.54) is 0 Å². The van der Waals surface area contributed by atoms with E-state index in [1.807, 2.05) is 0 Å². The molecule has 16 heteroatoms. The Morgan fingerprint density at radius 3 is 0.382 bits per heavy atom. The summed E-state index contributed by atoms with van der Waals surface area (Å²) in [6.45, 7) is 9.60. The van der Waals surface area contributed by atoms with Gasteiger partial charge in [-0.05, 0) is 0 Å². The van der Waals surface area contributed by atoms with Crippen LogP contribution in [0.3, 0.4) is 0 Å². The van der Waals surface area contributed by atoms with Crippen LogP contribution in [-0.4, -0.2) is 66.5 Å². The molecule has 0 bridgehead atoms. The van der Waals surface area contributed by atoms with Crippen LogP contribution in [0.1, 0.15) is 80.1 Å². The summed E-state index contributed by atoms with van der Waals surface area (Å²) in [7, 11) is 0. The van der Waals surface area contributed by atoms with E-state index in [0.29, 0.717) is 0 Å². The van der Waals surface area contributed by atoms with Gasteiger partial charge in [0.25, 0.3) is 0 Å². The van der Waals surface area contributed by atoms with Gasteiger partial charge in [-0.2, -0.15) is 0 Å². The van der Waals surface area contributed by atoms with Crippen LogP contribution in [0.4, 0.5) is 0 Å². The molecule has 3 radical (unpaired) electrons. The molecule has 0 saturated heterocycles. The second kappa shape index (κ2) is 57.8. The molecule has 34 heavy (non-hydrogen) atoms. The molecule has 0 atom stereocenters. The van der Waals surface area contributed by atoms with Gasteiger partial charge in [0.2, 0.25) is 0 Å². The number of carboxylic acids is 6. The van der Waals surface area contributed by atoms with Crippen molar-refractivity contribution in [3.63, 3.8) is 0 Å². The van der Waals surface area contributed by atoms with Crippen LogP contribution in [0.25, 0.3) is 0 Å². The van der Waals surface area contributed by atoms with Crippen LogP contribution in [0.5, 0.6) is 0 Å². The summed E-state index contributed by atoms with van der Waals surface area (Å²) in [5, 5.41) is 46.3. The molecule has 0 rings (SSSR count). The van der Waals surface area contributed by atoms with Crippen LogP contribution in [0, 0.1) is 0 Å². The molecule has 0 aliphatic carbocycles. The van der Waals surface area contributed by atoms with Gasteiger partial charge in [0.05, 0.1) is 0 Å². The molecule has 197 valence electrons. The van der Waals surface area contributed by atoms with Crippen LogP contribution < -0.4 is 0 Å². The molecule has 0 aliphatic heterocycles. The van der Waals surface area contributed by atoms with Crippen molar-refractivity contribution < 1.29 is 117 Å². The van der Waals surface area contributed by atoms with Gasteiger partial charge in [0, 0.05) is 38.5 Å². The first kappa shape index (κ1) is 63.7. The van der Waals surface area contributed by atoms with Gasteiger partial charge in [-0.3, -0.25) is 28.8 Å². The SMILES string of the molecule is CCC(=O)O.CCC(=O)O.CCC(=O)O.CCC(=O)O.CCC(=O)O.CCC(=O)O.[Cr+3].[Cr+3].[Cr+3].[O-2]. The number of carboxylic acid groups (broad SMARTS) is 6. The zero-order valence-electron chi connectivity index (χ0n) is 20.0. The Balaban J connectivity index is -0.0000000248. The first-order chi connectivity index (χ1) is 13.6. The summed E-state index contributed by atoms with van der Waals surface area (Å²) in [6, 6.07) is 0. The van der Waals surface area contributed by atoms with Gasteiger partial charge in [-0.1, -0.05) is 41.5 Å².